The van der Waals surface area contributed by atoms with Crippen LogP contribution in [0.2, 0.25) is 5.02 Å². The van der Waals surface area contributed by atoms with Crippen LogP contribution in [0.4, 0.5) is 5.69 Å². The zero-order valence-corrected chi connectivity index (χ0v) is 11.3. The van der Waals surface area contributed by atoms with E-state index in [1.54, 1.807) is 6.07 Å². The molecule has 0 heterocycles. The van der Waals surface area contributed by atoms with Crippen molar-refractivity contribution in [3.05, 3.63) is 28.8 Å². The lowest BCUT2D eigenvalue weighted by Gasteiger charge is -2.17. The number of nitrogens with one attached hydrogen (secondary N) is 1. The second-order valence-electron chi connectivity index (χ2n) is 3.97. The summed E-state index contributed by atoms with van der Waals surface area (Å²) >= 11 is 5.90. The van der Waals surface area contributed by atoms with Gasteiger partial charge in [0.05, 0.1) is 6.54 Å². The molecule has 0 aliphatic heterocycles. The third-order valence-electron chi connectivity index (χ3n) is 2.74. The molecule has 0 unspecified atom stereocenters. The monoisotopic (exact) mass is 254 g/mol. The van der Waals surface area contributed by atoms with Crippen molar-refractivity contribution < 1.29 is 4.79 Å². The zero-order chi connectivity index (χ0) is 12.8. The fraction of sp³-hybridized carbons (Fsp3) is 0.462. The van der Waals surface area contributed by atoms with Gasteiger partial charge in [0, 0.05) is 10.7 Å². The van der Waals surface area contributed by atoms with Gasteiger partial charge >= 0.3 is 0 Å². The summed E-state index contributed by atoms with van der Waals surface area (Å²) in [6.07, 6.45) is 0. The van der Waals surface area contributed by atoms with Crippen molar-refractivity contribution >= 4 is 23.2 Å². The van der Waals surface area contributed by atoms with Gasteiger partial charge in [-0.3, -0.25) is 9.69 Å². The molecule has 4 heteroatoms. The molecule has 0 saturated heterocycles. The molecular weight excluding hydrogens is 236 g/mol. The van der Waals surface area contributed by atoms with Crippen LogP contribution in [0.5, 0.6) is 0 Å². The molecule has 0 aliphatic rings. The van der Waals surface area contributed by atoms with Gasteiger partial charge in [0.15, 0.2) is 0 Å². The van der Waals surface area contributed by atoms with Gasteiger partial charge in [0.25, 0.3) is 0 Å². The van der Waals surface area contributed by atoms with Crippen molar-refractivity contribution in [1.29, 1.82) is 0 Å². The highest BCUT2D eigenvalue weighted by Crippen LogP contribution is 2.19. The Kier molecular flexibility index (Phi) is 5.45. The summed E-state index contributed by atoms with van der Waals surface area (Å²) in [5.74, 6) is -0.000864. The molecule has 0 bridgehead atoms. The number of likely N-dealkylation sites (N-methyl/N-ethyl adjacent to an activating group) is 1. The quantitative estimate of drug-likeness (QED) is 0.876. The standard InChI is InChI=1S/C13H19ClN2O/c1-4-16(5-2)9-13(17)15-12-8-11(14)7-6-10(12)3/h6-8H,4-5,9H2,1-3H3,(H,15,17). The molecule has 1 aromatic carbocycles. The number of aryl methyl sites for hydroxylation is 1. The molecule has 3 nitrogen and oxygen atoms in total. The van der Waals surface area contributed by atoms with E-state index in [1.165, 1.54) is 0 Å². The number of carbonyl (C=O) groups is 1. The van der Waals surface area contributed by atoms with Gasteiger partial charge in [-0.25, -0.2) is 0 Å². The molecule has 1 N–H and O–H groups in total. The van der Waals surface area contributed by atoms with Crippen molar-refractivity contribution in [2.45, 2.75) is 20.8 Å². The first kappa shape index (κ1) is 14.0. The highest BCUT2D eigenvalue weighted by molar-refractivity contribution is 6.31. The maximum absolute atomic E-state index is 11.8. The topological polar surface area (TPSA) is 32.3 Å². The van der Waals surface area contributed by atoms with Crippen molar-refractivity contribution in [2.75, 3.05) is 25.0 Å². The Morgan fingerprint density at radius 2 is 2.00 bits per heavy atom. The second-order valence-corrected chi connectivity index (χ2v) is 4.41. The van der Waals surface area contributed by atoms with Crippen molar-refractivity contribution in [2.24, 2.45) is 0 Å². The molecule has 1 amide bonds. The van der Waals surface area contributed by atoms with Gasteiger partial charge in [-0.15, -0.1) is 0 Å². The second kappa shape index (κ2) is 6.62. The van der Waals surface area contributed by atoms with Gasteiger partial charge in [-0.05, 0) is 37.7 Å². The fourth-order valence-electron chi connectivity index (χ4n) is 1.57. The van der Waals surface area contributed by atoms with Crippen molar-refractivity contribution in [3.8, 4) is 0 Å². The summed E-state index contributed by atoms with van der Waals surface area (Å²) in [6, 6.07) is 5.49. The van der Waals surface area contributed by atoms with E-state index < -0.39 is 0 Å². The number of carbonyl (C=O) groups excluding carboxylic acids is 1. The number of rotatable bonds is 5. The number of benzene rings is 1. The van der Waals surface area contributed by atoms with E-state index in [2.05, 4.69) is 10.2 Å². The van der Waals surface area contributed by atoms with Crippen LogP contribution in [0.15, 0.2) is 18.2 Å². The summed E-state index contributed by atoms with van der Waals surface area (Å²) in [5.41, 5.74) is 1.80. The predicted molar refractivity (Wildman–Crippen MR) is 72.6 cm³/mol. The number of anilines is 1. The van der Waals surface area contributed by atoms with Gasteiger partial charge in [-0.1, -0.05) is 31.5 Å². The minimum Gasteiger partial charge on any atom is -0.325 e. The number of halogens is 1. The van der Waals surface area contributed by atoms with Crippen LogP contribution in [-0.4, -0.2) is 30.4 Å². The van der Waals surface area contributed by atoms with Crippen LogP contribution >= 0.6 is 11.6 Å². The molecule has 17 heavy (non-hydrogen) atoms. The lowest BCUT2D eigenvalue weighted by atomic mass is 10.2. The van der Waals surface area contributed by atoms with E-state index in [0.717, 1.165) is 24.3 Å². The largest absolute Gasteiger partial charge is 0.325 e. The van der Waals surface area contributed by atoms with E-state index in [0.29, 0.717) is 11.6 Å². The highest BCUT2D eigenvalue weighted by Gasteiger charge is 2.08. The molecule has 0 aliphatic carbocycles. The minimum absolute atomic E-state index is 0.000864. The third-order valence-corrected chi connectivity index (χ3v) is 2.97. The van der Waals surface area contributed by atoms with E-state index in [4.69, 9.17) is 11.6 Å². The van der Waals surface area contributed by atoms with Gasteiger partial charge in [0.1, 0.15) is 0 Å². The number of amides is 1. The number of nitrogens with zero attached hydrogens (tertiary/aromatic N) is 1. The molecule has 1 rings (SSSR count). The van der Waals surface area contributed by atoms with E-state index >= 15 is 0 Å². The Morgan fingerprint density at radius 1 is 1.35 bits per heavy atom. The highest BCUT2D eigenvalue weighted by atomic mass is 35.5. The SMILES string of the molecule is CCN(CC)CC(=O)Nc1cc(Cl)ccc1C. The maximum atomic E-state index is 11.8. The Morgan fingerprint density at radius 3 is 2.59 bits per heavy atom. The first-order valence-corrected chi connectivity index (χ1v) is 6.23. The molecule has 0 atom stereocenters. The van der Waals surface area contributed by atoms with Crippen LogP contribution in [0.25, 0.3) is 0 Å². The molecule has 0 fully saturated rings. The number of hydrogen-bond donors (Lipinski definition) is 1. The lowest BCUT2D eigenvalue weighted by Crippen LogP contribution is -2.33. The molecule has 0 saturated carbocycles. The Bertz CT molecular complexity index is 389. The van der Waals surface area contributed by atoms with Crippen LogP contribution in [-0.2, 0) is 4.79 Å². The Balaban J connectivity index is 2.64. The Hall–Kier alpha value is -1.06. The average molecular weight is 255 g/mol. The zero-order valence-electron chi connectivity index (χ0n) is 10.6. The average Bonchev–Trinajstić information content (AvgIpc) is 2.31. The van der Waals surface area contributed by atoms with E-state index in [-0.39, 0.29) is 5.91 Å². The third kappa shape index (κ3) is 4.36. The van der Waals surface area contributed by atoms with E-state index in [9.17, 15) is 4.79 Å². The number of hydrogen-bond acceptors (Lipinski definition) is 2. The van der Waals surface area contributed by atoms with E-state index in [1.807, 2.05) is 32.9 Å². The van der Waals surface area contributed by atoms with Crippen LogP contribution < -0.4 is 5.32 Å². The molecule has 94 valence electrons. The van der Waals surface area contributed by atoms with Crippen LogP contribution in [0.3, 0.4) is 0 Å². The van der Waals surface area contributed by atoms with Gasteiger partial charge in [-0.2, -0.15) is 0 Å². The lowest BCUT2D eigenvalue weighted by molar-refractivity contribution is -0.117. The smallest absolute Gasteiger partial charge is 0.238 e. The minimum atomic E-state index is -0.000864. The van der Waals surface area contributed by atoms with Crippen LogP contribution in [0.1, 0.15) is 19.4 Å². The predicted octanol–water partition coefficient (Wildman–Crippen LogP) is 2.93. The summed E-state index contributed by atoms with van der Waals surface area (Å²) in [4.78, 5) is 13.9. The molecule has 0 radical (unpaired) electrons. The van der Waals surface area contributed by atoms with Crippen LogP contribution in [0, 0.1) is 6.92 Å². The molecular formula is C13H19ClN2O. The molecule has 0 aromatic heterocycles. The molecule has 1 aromatic rings. The maximum Gasteiger partial charge on any atom is 0.238 e. The summed E-state index contributed by atoms with van der Waals surface area (Å²) in [5, 5.41) is 3.52. The van der Waals surface area contributed by atoms with Gasteiger partial charge < -0.3 is 5.32 Å². The molecule has 0 spiro atoms. The first-order valence-electron chi connectivity index (χ1n) is 5.85. The van der Waals surface area contributed by atoms with Gasteiger partial charge in [0.2, 0.25) is 5.91 Å². The summed E-state index contributed by atoms with van der Waals surface area (Å²) in [6.45, 7) is 8.20. The van der Waals surface area contributed by atoms with Crippen molar-refractivity contribution in [3.63, 3.8) is 0 Å². The Labute approximate surface area is 108 Å². The summed E-state index contributed by atoms with van der Waals surface area (Å²) < 4.78 is 0. The fourth-order valence-corrected chi connectivity index (χ4v) is 1.74. The first-order chi connectivity index (χ1) is 8.06. The normalized spacial score (nSPS) is 10.6. The van der Waals surface area contributed by atoms with Crippen molar-refractivity contribution in [1.82, 2.24) is 4.90 Å². The summed E-state index contributed by atoms with van der Waals surface area (Å²) in [7, 11) is 0.